The number of aromatic carboxylic acids is 2. The lowest BCUT2D eigenvalue weighted by atomic mass is 10.0. The highest BCUT2D eigenvalue weighted by Crippen LogP contribution is 2.16. The zero-order chi connectivity index (χ0) is 12.3. The molecule has 16 heavy (non-hydrogen) atoms. The van der Waals surface area contributed by atoms with Crippen molar-refractivity contribution in [3.8, 4) is 0 Å². The van der Waals surface area contributed by atoms with Gasteiger partial charge in [0.05, 0.1) is 17.2 Å². The molecule has 0 fully saturated rings. The summed E-state index contributed by atoms with van der Waals surface area (Å²) < 4.78 is 0. The van der Waals surface area contributed by atoms with E-state index in [0.29, 0.717) is 6.29 Å². The maximum atomic E-state index is 10.8. The molecule has 1 rings (SSSR count). The van der Waals surface area contributed by atoms with Crippen molar-refractivity contribution in [2.45, 2.75) is 6.04 Å². The number of benzene rings is 1. The van der Waals surface area contributed by atoms with Gasteiger partial charge in [-0.1, -0.05) is 6.07 Å². The number of hydrogen-bond donors (Lipinski definition) is 3. The van der Waals surface area contributed by atoms with Gasteiger partial charge in [0.2, 0.25) is 0 Å². The van der Waals surface area contributed by atoms with Gasteiger partial charge in [-0.15, -0.1) is 0 Å². The molecule has 1 aromatic rings. The monoisotopic (exact) mass is 223 g/mol. The highest BCUT2D eigenvalue weighted by Gasteiger charge is 2.17. The predicted octanol–water partition coefficient (Wildman–Crippen LogP) is 0.282. The molecule has 84 valence electrons. The van der Waals surface area contributed by atoms with Gasteiger partial charge in [-0.25, -0.2) is 9.59 Å². The van der Waals surface area contributed by atoms with Crippen molar-refractivity contribution < 1.29 is 24.6 Å². The third-order valence-corrected chi connectivity index (χ3v) is 2.04. The summed E-state index contributed by atoms with van der Waals surface area (Å²) in [4.78, 5) is 31.9. The van der Waals surface area contributed by atoms with Crippen LogP contribution in [0.5, 0.6) is 0 Å². The second-order valence-corrected chi connectivity index (χ2v) is 3.08. The fraction of sp³-hybridized carbons (Fsp3) is 0.100. The fourth-order valence-corrected chi connectivity index (χ4v) is 1.21. The van der Waals surface area contributed by atoms with E-state index >= 15 is 0 Å². The van der Waals surface area contributed by atoms with Crippen LogP contribution in [0.4, 0.5) is 0 Å². The van der Waals surface area contributed by atoms with Crippen LogP contribution < -0.4 is 5.73 Å². The van der Waals surface area contributed by atoms with E-state index in [1.807, 2.05) is 0 Å². The van der Waals surface area contributed by atoms with E-state index in [1.165, 1.54) is 6.07 Å². The van der Waals surface area contributed by atoms with Crippen LogP contribution in [0, 0.1) is 0 Å². The molecule has 6 nitrogen and oxygen atoms in total. The quantitative estimate of drug-likeness (QED) is 0.631. The molecular weight excluding hydrogens is 214 g/mol. The predicted molar refractivity (Wildman–Crippen MR) is 53.4 cm³/mol. The molecule has 1 aromatic carbocycles. The van der Waals surface area contributed by atoms with E-state index in [9.17, 15) is 14.4 Å². The van der Waals surface area contributed by atoms with E-state index in [1.54, 1.807) is 0 Å². The first-order chi connectivity index (χ1) is 7.47. The molecule has 1 atom stereocenters. The lowest BCUT2D eigenvalue weighted by Crippen LogP contribution is -2.14. The highest BCUT2D eigenvalue weighted by atomic mass is 16.4. The molecule has 0 radical (unpaired) electrons. The minimum Gasteiger partial charge on any atom is -0.478 e. The van der Waals surface area contributed by atoms with Gasteiger partial charge < -0.3 is 20.7 Å². The lowest BCUT2D eigenvalue weighted by Gasteiger charge is -2.07. The Kier molecular flexibility index (Phi) is 3.37. The van der Waals surface area contributed by atoms with Crippen molar-refractivity contribution in [2.24, 2.45) is 5.73 Å². The number of carbonyl (C=O) groups excluding carboxylic acids is 1. The maximum absolute atomic E-state index is 10.8. The van der Waals surface area contributed by atoms with Crippen molar-refractivity contribution in [1.29, 1.82) is 0 Å². The van der Waals surface area contributed by atoms with Crippen LogP contribution in [-0.2, 0) is 4.79 Å². The van der Waals surface area contributed by atoms with Crippen LogP contribution in [0.1, 0.15) is 32.3 Å². The zero-order valence-corrected chi connectivity index (χ0v) is 8.08. The van der Waals surface area contributed by atoms with Gasteiger partial charge in [0.15, 0.2) is 0 Å². The molecular formula is C10H9NO5. The summed E-state index contributed by atoms with van der Waals surface area (Å²) in [5, 5.41) is 17.5. The molecule has 0 aromatic heterocycles. The number of carboxylic acids is 2. The third-order valence-electron chi connectivity index (χ3n) is 2.04. The number of carboxylic acid groups (broad SMARTS) is 2. The van der Waals surface area contributed by atoms with Gasteiger partial charge >= 0.3 is 11.9 Å². The Morgan fingerprint density at radius 1 is 1.19 bits per heavy atom. The Morgan fingerprint density at radius 3 is 2.19 bits per heavy atom. The van der Waals surface area contributed by atoms with Crippen molar-refractivity contribution >= 4 is 18.2 Å². The Hall–Kier alpha value is -2.21. The maximum Gasteiger partial charge on any atom is 0.336 e. The van der Waals surface area contributed by atoms with E-state index in [-0.39, 0.29) is 16.7 Å². The molecule has 0 saturated heterocycles. The van der Waals surface area contributed by atoms with Gasteiger partial charge in [-0.3, -0.25) is 0 Å². The van der Waals surface area contributed by atoms with E-state index in [4.69, 9.17) is 15.9 Å². The number of hydrogen-bond acceptors (Lipinski definition) is 4. The molecule has 0 amide bonds. The normalized spacial score (nSPS) is 11.8. The Balaban J connectivity index is 3.33. The highest BCUT2D eigenvalue weighted by molar-refractivity contribution is 6.01. The van der Waals surface area contributed by atoms with Crippen LogP contribution >= 0.6 is 0 Å². The summed E-state index contributed by atoms with van der Waals surface area (Å²) in [6.07, 6.45) is 0.446. The second-order valence-electron chi connectivity index (χ2n) is 3.08. The molecule has 4 N–H and O–H groups in total. The summed E-state index contributed by atoms with van der Waals surface area (Å²) >= 11 is 0. The molecule has 0 heterocycles. The first-order valence-corrected chi connectivity index (χ1v) is 4.28. The van der Waals surface area contributed by atoms with Crippen LogP contribution in [0.3, 0.4) is 0 Å². The van der Waals surface area contributed by atoms with Crippen molar-refractivity contribution in [3.63, 3.8) is 0 Å². The third kappa shape index (κ3) is 2.23. The average molecular weight is 223 g/mol. The van der Waals surface area contributed by atoms with Crippen LogP contribution in [0.25, 0.3) is 0 Å². The van der Waals surface area contributed by atoms with Crippen LogP contribution in [0.2, 0.25) is 0 Å². The second kappa shape index (κ2) is 4.54. The summed E-state index contributed by atoms with van der Waals surface area (Å²) in [6.45, 7) is 0. The number of aldehydes is 1. The first kappa shape index (κ1) is 11.9. The van der Waals surface area contributed by atoms with Gasteiger partial charge in [0, 0.05) is 0 Å². The largest absolute Gasteiger partial charge is 0.478 e. The van der Waals surface area contributed by atoms with Gasteiger partial charge in [0.1, 0.15) is 6.29 Å². The number of carbonyl (C=O) groups is 3. The number of rotatable bonds is 4. The van der Waals surface area contributed by atoms with Crippen LogP contribution in [-0.4, -0.2) is 28.4 Å². The lowest BCUT2D eigenvalue weighted by molar-refractivity contribution is -0.109. The topological polar surface area (TPSA) is 118 Å². The number of nitrogens with two attached hydrogens (primary N) is 1. The first-order valence-electron chi connectivity index (χ1n) is 4.28. The smallest absolute Gasteiger partial charge is 0.336 e. The zero-order valence-electron chi connectivity index (χ0n) is 8.08. The van der Waals surface area contributed by atoms with Gasteiger partial charge in [-0.05, 0) is 17.7 Å². The van der Waals surface area contributed by atoms with E-state index in [0.717, 1.165) is 12.1 Å². The summed E-state index contributed by atoms with van der Waals surface area (Å²) in [7, 11) is 0. The Morgan fingerprint density at radius 2 is 1.75 bits per heavy atom. The Bertz CT molecular complexity index is 455. The summed E-state index contributed by atoms with van der Waals surface area (Å²) in [6, 6.07) is 2.56. The van der Waals surface area contributed by atoms with Crippen molar-refractivity contribution in [2.75, 3.05) is 0 Å². The summed E-state index contributed by atoms with van der Waals surface area (Å²) in [5.74, 6) is -2.72. The standard InChI is InChI=1S/C10H9NO5/c11-8(4-12)5-1-2-6(9(13)14)7(3-5)10(15)16/h1-4,8H,11H2,(H,13,14)(H,15,16)/t8-/m1/s1. The average Bonchev–Trinajstić information content (AvgIpc) is 2.26. The summed E-state index contributed by atoms with van der Waals surface area (Å²) in [5.41, 5.74) is 4.92. The molecule has 0 spiro atoms. The minimum absolute atomic E-state index is 0.261. The molecule has 0 bridgehead atoms. The van der Waals surface area contributed by atoms with Crippen molar-refractivity contribution in [3.05, 3.63) is 34.9 Å². The molecule has 0 aliphatic carbocycles. The van der Waals surface area contributed by atoms with Gasteiger partial charge in [-0.2, -0.15) is 0 Å². The van der Waals surface area contributed by atoms with E-state index in [2.05, 4.69) is 0 Å². The molecule has 0 aliphatic heterocycles. The van der Waals surface area contributed by atoms with Crippen molar-refractivity contribution in [1.82, 2.24) is 0 Å². The fourth-order valence-electron chi connectivity index (χ4n) is 1.21. The SMILES string of the molecule is N[C@H](C=O)c1ccc(C(=O)O)c(C(=O)O)c1. The molecule has 0 aliphatic rings. The molecule has 0 saturated carbocycles. The Labute approximate surface area is 90.3 Å². The minimum atomic E-state index is -1.38. The van der Waals surface area contributed by atoms with Gasteiger partial charge in [0.25, 0.3) is 0 Å². The van der Waals surface area contributed by atoms with Crippen LogP contribution in [0.15, 0.2) is 18.2 Å². The van der Waals surface area contributed by atoms with E-state index < -0.39 is 18.0 Å². The molecule has 6 heteroatoms. The molecule has 0 unspecified atom stereocenters.